The molecule has 0 unspecified atom stereocenters. The third-order valence-electron chi connectivity index (χ3n) is 4.41. The van der Waals surface area contributed by atoms with Crippen molar-refractivity contribution in [3.8, 4) is 5.88 Å². The Morgan fingerprint density at radius 2 is 1.73 bits per heavy atom. The number of carbonyl (C=O) groups excluding carboxylic acids is 1. The molecule has 9 heteroatoms. The second-order valence-corrected chi connectivity index (χ2v) is 6.62. The smallest absolute Gasteiger partial charge is 0.284 e. The van der Waals surface area contributed by atoms with Crippen LogP contribution in [-0.2, 0) is 0 Å². The maximum Gasteiger partial charge on any atom is 0.284 e. The number of halogens is 3. The maximum absolute atomic E-state index is 13.7. The van der Waals surface area contributed by atoms with Crippen LogP contribution < -0.4 is 10.2 Å². The number of aromatic nitrogens is 2. The first-order valence-corrected chi connectivity index (χ1v) is 9.10. The fraction of sp³-hybridized carbons (Fsp3) is 0.143. The number of hydrogen-bond acceptors (Lipinski definition) is 5. The van der Waals surface area contributed by atoms with Gasteiger partial charge in [-0.1, -0.05) is 11.2 Å². The van der Waals surface area contributed by atoms with Gasteiger partial charge < -0.3 is 10.2 Å². The van der Waals surface area contributed by atoms with Crippen LogP contribution in [0.2, 0.25) is 0 Å². The molecule has 1 saturated carbocycles. The van der Waals surface area contributed by atoms with Crippen molar-refractivity contribution < 1.29 is 22.8 Å². The zero-order chi connectivity index (χ0) is 21.1. The van der Waals surface area contributed by atoms with E-state index in [9.17, 15) is 18.0 Å². The topological polar surface area (TPSA) is 76.5 Å². The van der Waals surface area contributed by atoms with E-state index in [0.717, 1.165) is 25.0 Å². The van der Waals surface area contributed by atoms with Crippen LogP contribution in [0.1, 0.15) is 28.8 Å². The molecule has 1 fully saturated rings. The Morgan fingerprint density at radius 3 is 2.37 bits per heavy atom. The molecule has 0 atom stereocenters. The van der Waals surface area contributed by atoms with Gasteiger partial charge in [0.05, 0.1) is 5.71 Å². The van der Waals surface area contributed by atoms with E-state index >= 15 is 0 Å². The molecule has 0 radical (unpaired) electrons. The van der Waals surface area contributed by atoms with E-state index in [4.69, 9.17) is 4.84 Å². The highest BCUT2D eigenvalue weighted by atomic mass is 19.1. The number of pyridine rings is 2. The predicted molar refractivity (Wildman–Crippen MR) is 103 cm³/mol. The summed E-state index contributed by atoms with van der Waals surface area (Å²) in [4.78, 5) is 25.2. The standard InChI is InChI=1S/C21H15F3N4O2/c22-14-3-1-4-15(23)18(14)20(29)27-17-9-8-13(11-26-17)19(12-6-7-12)28-30-21-16(24)5-2-10-25-21/h1-5,8-12H,6-7H2,(H,26,27,29). The molecule has 0 spiro atoms. The van der Waals surface area contributed by atoms with Gasteiger partial charge in [0.15, 0.2) is 5.82 Å². The Hall–Kier alpha value is -3.75. The molecular weight excluding hydrogens is 397 g/mol. The normalized spacial score (nSPS) is 13.8. The molecule has 0 saturated heterocycles. The van der Waals surface area contributed by atoms with Crippen molar-refractivity contribution in [2.24, 2.45) is 11.1 Å². The number of rotatable bonds is 6. The lowest BCUT2D eigenvalue weighted by molar-refractivity contribution is 0.101. The van der Waals surface area contributed by atoms with Crippen LogP contribution in [0.5, 0.6) is 5.88 Å². The van der Waals surface area contributed by atoms with Crippen LogP contribution in [0, 0.1) is 23.4 Å². The van der Waals surface area contributed by atoms with E-state index in [1.54, 1.807) is 6.07 Å². The number of benzene rings is 1. The summed E-state index contributed by atoms with van der Waals surface area (Å²) in [7, 11) is 0. The van der Waals surface area contributed by atoms with E-state index in [1.165, 1.54) is 36.7 Å². The van der Waals surface area contributed by atoms with Crippen LogP contribution in [0.4, 0.5) is 19.0 Å². The molecule has 1 aromatic carbocycles. The van der Waals surface area contributed by atoms with Gasteiger partial charge in [-0.3, -0.25) is 4.79 Å². The second kappa shape index (κ2) is 8.32. The number of carbonyl (C=O) groups is 1. The fourth-order valence-corrected chi connectivity index (χ4v) is 2.76. The number of oxime groups is 1. The van der Waals surface area contributed by atoms with Gasteiger partial charge in [0.2, 0.25) is 0 Å². The third kappa shape index (κ3) is 4.29. The number of amides is 1. The van der Waals surface area contributed by atoms with Gasteiger partial charge in [-0.2, -0.15) is 0 Å². The van der Waals surface area contributed by atoms with E-state index in [0.29, 0.717) is 11.3 Å². The van der Waals surface area contributed by atoms with Crippen molar-refractivity contribution in [2.75, 3.05) is 5.32 Å². The summed E-state index contributed by atoms with van der Waals surface area (Å²) in [5, 5.41) is 6.39. The van der Waals surface area contributed by atoms with Crippen molar-refractivity contribution in [3.63, 3.8) is 0 Å². The molecule has 1 aliphatic rings. The highest BCUT2D eigenvalue weighted by Gasteiger charge is 2.30. The Balaban J connectivity index is 1.51. The van der Waals surface area contributed by atoms with Gasteiger partial charge in [-0.15, -0.1) is 0 Å². The summed E-state index contributed by atoms with van der Waals surface area (Å²) in [6.07, 6.45) is 4.64. The molecular formula is C21H15F3N4O2. The lowest BCUT2D eigenvalue weighted by atomic mass is 10.1. The molecule has 0 bridgehead atoms. The highest BCUT2D eigenvalue weighted by Crippen LogP contribution is 2.33. The predicted octanol–water partition coefficient (Wildman–Crippen LogP) is 4.34. The SMILES string of the molecule is O=C(Nc1ccc(C(=NOc2ncccc2F)C2CC2)cn1)c1c(F)cccc1F. The zero-order valence-electron chi connectivity index (χ0n) is 15.5. The lowest BCUT2D eigenvalue weighted by Crippen LogP contribution is -2.17. The van der Waals surface area contributed by atoms with Crippen molar-refractivity contribution in [2.45, 2.75) is 12.8 Å². The average Bonchev–Trinajstić information content (AvgIpc) is 3.56. The first kappa shape index (κ1) is 19.6. The molecule has 1 aliphatic carbocycles. The zero-order valence-corrected chi connectivity index (χ0v) is 15.5. The molecule has 4 rings (SSSR count). The van der Waals surface area contributed by atoms with E-state index in [2.05, 4.69) is 20.4 Å². The minimum absolute atomic E-state index is 0.109. The summed E-state index contributed by atoms with van der Waals surface area (Å²) < 4.78 is 41.1. The van der Waals surface area contributed by atoms with Gasteiger partial charge in [0, 0.05) is 23.9 Å². The largest absolute Gasteiger partial charge is 0.333 e. The first-order chi connectivity index (χ1) is 14.5. The molecule has 6 nitrogen and oxygen atoms in total. The Kier molecular flexibility index (Phi) is 5.42. The van der Waals surface area contributed by atoms with Gasteiger partial charge in [-0.25, -0.2) is 23.1 Å². The summed E-state index contributed by atoms with van der Waals surface area (Å²) >= 11 is 0. The number of hydrogen-bond donors (Lipinski definition) is 1. The van der Waals surface area contributed by atoms with Crippen LogP contribution in [0.25, 0.3) is 0 Å². The second-order valence-electron chi connectivity index (χ2n) is 6.62. The van der Waals surface area contributed by atoms with Gasteiger partial charge in [-0.05, 0) is 49.2 Å². The van der Waals surface area contributed by atoms with E-state index in [-0.39, 0.29) is 17.6 Å². The van der Waals surface area contributed by atoms with Crippen LogP contribution >= 0.6 is 0 Å². The summed E-state index contributed by atoms with van der Waals surface area (Å²) in [5.74, 6) is -3.50. The minimum atomic E-state index is -0.967. The van der Waals surface area contributed by atoms with Gasteiger partial charge in [0.25, 0.3) is 11.8 Å². The van der Waals surface area contributed by atoms with Crippen molar-refractivity contribution in [1.82, 2.24) is 9.97 Å². The van der Waals surface area contributed by atoms with Gasteiger partial charge in [0.1, 0.15) is 23.0 Å². The quantitative estimate of drug-likeness (QED) is 0.483. The number of anilines is 1. The molecule has 2 heterocycles. The molecule has 1 N–H and O–H groups in total. The highest BCUT2D eigenvalue weighted by molar-refractivity contribution is 6.05. The molecule has 1 amide bonds. The Bertz CT molecular complexity index is 1100. The summed E-state index contributed by atoms with van der Waals surface area (Å²) in [6.45, 7) is 0. The number of nitrogens with one attached hydrogen (secondary N) is 1. The minimum Gasteiger partial charge on any atom is -0.333 e. The fourth-order valence-electron chi connectivity index (χ4n) is 2.76. The first-order valence-electron chi connectivity index (χ1n) is 9.10. The maximum atomic E-state index is 13.7. The van der Waals surface area contributed by atoms with Crippen LogP contribution in [-0.4, -0.2) is 21.6 Å². The molecule has 152 valence electrons. The summed E-state index contributed by atoms with van der Waals surface area (Å²) in [5.41, 5.74) is 0.504. The van der Waals surface area contributed by atoms with E-state index < -0.39 is 28.9 Å². The average molecular weight is 412 g/mol. The molecule has 2 aromatic heterocycles. The molecule has 0 aliphatic heterocycles. The van der Waals surface area contributed by atoms with Gasteiger partial charge >= 0.3 is 0 Å². The Morgan fingerprint density at radius 1 is 1.00 bits per heavy atom. The summed E-state index contributed by atoms with van der Waals surface area (Å²) in [6, 6.07) is 8.94. The lowest BCUT2D eigenvalue weighted by Gasteiger charge is -2.08. The number of nitrogens with zero attached hydrogens (tertiary/aromatic N) is 3. The van der Waals surface area contributed by atoms with Crippen LogP contribution in [0.15, 0.2) is 60.0 Å². The van der Waals surface area contributed by atoms with Crippen molar-refractivity contribution >= 4 is 17.4 Å². The molecule has 3 aromatic rings. The van der Waals surface area contributed by atoms with Crippen LogP contribution in [0.3, 0.4) is 0 Å². The van der Waals surface area contributed by atoms with Crippen molar-refractivity contribution in [1.29, 1.82) is 0 Å². The van der Waals surface area contributed by atoms with E-state index in [1.807, 2.05) is 0 Å². The third-order valence-corrected chi connectivity index (χ3v) is 4.41. The van der Waals surface area contributed by atoms with Crippen molar-refractivity contribution in [3.05, 3.63) is 83.4 Å². The Labute approximate surface area is 169 Å². The monoisotopic (exact) mass is 412 g/mol. The molecule has 30 heavy (non-hydrogen) atoms.